The van der Waals surface area contributed by atoms with Gasteiger partial charge in [0.1, 0.15) is 11.8 Å². The molecule has 30 heavy (non-hydrogen) atoms. The fourth-order valence-electron chi connectivity index (χ4n) is 3.04. The summed E-state index contributed by atoms with van der Waals surface area (Å²) in [6, 6.07) is 13.0. The number of nitrogens with one attached hydrogen (secondary N) is 1. The van der Waals surface area contributed by atoms with Gasteiger partial charge in [0.2, 0.25) is 5.91 Å². The lowest BCUT2D eigenvalue weighted by Gasteiger charge is -2.29. The predicted octanol–water partition coefficient (Wildman–Crippen LogP) is 4.78. The van der Waals surface area contributed by atoms with E-state index in [2.05, 4.69) is 28.2 Å². The Morgan fingerprint density at radius 1 is 1.17 bits per heavy atom. The SMILES string of the molecule is CCCCNC(=O)[C@@H](C)N(Cc1cccc(Br)c1)C(=O)COc1cc(C)ccc1C. The third kappa shape index (κ3) is 7.17. The minimum Gasteiger partial charge on any atom is -0.483 e. The van der Waals surface area contributed by atoms with Crippen molar-refractivity contribution in [1.29, 1.82) is 0 Å². The van der Waals surface area contributed by atoms with Gasteiger partial charge in [0, 0.05) is 17.6 Å². The maximum Gasteiger partial charge on any atom is 0.261 e. The van der Waals surface area contributed by atoms with Crippen LogP contribution in [0.4, 0.5) is 0 Å². The zero-order valence-corrected chi connectivity index (χ0v) is 19.8. The van der Waals surface area contributed by atoms with Gasteiger partial charge in [-0.3, -0.25) is 9.59 Å². The summed E-state index contributed by atoms with van der Waals surface area (Å²) in [5.74, 6) is 0.304. The van der Waals surface area contributed by atoms with Crippen LogP contribution < -0.4 is 10.1 Å². The summed E-state index contributed by atoms with van der Waals surface area (Å²) >= 11 is 3.47. The van der Waals surface area contributed by atoms with E-state index in [9.17, 15) is 9.59 Å². The summed E-state index contributed by atoms with van der Waals surface area (Å²) in [6.45, 7) is 8.58. The molecule has 0 heterocycles. The van der Waals surface area contributed by atoms with E-state index in [-0.39, 0.29) is 18.4 Å². The zero-order valence-electron chi connectivity index (χ0n) is 18.2. The average Bonchev–Trinajstić information content (AvgIpc) is 2.72. The summed E-state index contributed by atoms with van der Waals surface area (Å²) in [6.07, 6.45) is 1.91. The Labute approximate surface area is 187 Å². The van der Waals surface area contributed by atoms with E-state index in [0.717, 1.165) is 34.0 Å². The number of rotatable bonds is 10. The van der Waals surface area contributed by atoms with Crippen molar-refractivity contribution in [2.24, 2.45) is 0 Å². The third-order valence-electron chi connectivity index (χ3n) is 4.93. The molecule has 0 saturated carbocycles. The summed E-state index contributed by atoms with van der Waals surface area (Å²) in [7, 11) is 0. The number of aryl methyl sites for hydroxylation is 2. The second kappa shape index (κ2) is 11.7. The Morgan fingerprint density at radius 3 is 2.63 bits per heavy atom. The molecule has 2 rings (SSSR count). The molecule has 0 saturated heterocycles. The van der Waals surface area contributed by atoms with Gasteiger partial charge in [0.05, 0.1) is 0 Å². The smallest absolute Gasteiger partial charge is 0.261 e. The lowest BCUT2D eigenvalue weighted by atomic mass is 10.1. The molecule has 162 valence electrons. The van der Waals surface area contributed by atoms with Crippen molar-refractivity contribution in [2.75, 3.05) is 13.2 Å². The highest BCUT2D eigenvalue weighted by molar-refractivity contribution is 9.10. The molecule has 2 aromatic carbocycles. The molecule has 6 heteroatoms. The van der Waals surface area contributed by atoms with Crippen LogP contribution in [0.25, 0.3) is 0 Å². The highest BCUT2D eigenvalue weighted by Crippen LogP contribution is 2.20. The Hall–Kier alpha value is -2.34. The van der Waals surface area contributed by atoms with E-state index in [1.165, 1.54) is 0 Å². The maximum absolute atomic E-state index is 13.1. The van der Waals surface area contributed by atoms with E-state index >= 15 is 0 Å². The largest absolute Gasteiger partial charge is 0.483 e. The number of hydrogen-bond donors (Lipinski definition) is 1. The zero-order chi connectivity index (χ0) is 22.1. The van der Waals surface area contributed by atoms with Gasteiger partial charge in [-0.15, -0.1) is 0 Å². The van der Waals surface area contributed by atoms with Gasteiger partial charge in [-0.1, -0.05) is 53.5 Å². The highest BCUT2D eigenvalue weighted by Gasteiger charge is 2.26. The van der Waals surface area contributed by atoms with Gasteiger partial charge in [-0.25, -0.2) is 0 Å². The van der Waals surface area contributed by atoms with Crippen molar-refractivity contribution in [3.05, 3.63) is 63.6 Å². The molecule has 0 radical (unpaired) electrons. The molecule has 0 spiro atoms. The second-order valence-electron chi connectivity index (χ2n) is 7.53. The fraction of sp³-hybridized carbons (Fsp3) is 0.417. The van der Waals surface area contributed by atoms with Crippen LogP contribution >= 0.6 is 15.9 Å². The van der Waals surface area contributed by atoms with Gasteiger partial charge < -0.3 is 15.0 Å². The number of hydrogen-bond acceptors (Lipinski definition) is 3. The van der Waals surface area contributed by atoms with Crippen LogP contribution in [0.15, 0.2) is 46.9 Å². The summed E-state index contributed by atoms with van der Waals surface area (Å²) < 4.78 is 6.75. The number of amides is 2. The Kier molecular flexibility index (Phi) is 9.37. The van der Waals surface area contributed by atoms with E-state index in [4.69, 9.17) is 4.74 Å². The first-order valence-electron chi connectivity index (χ1n) is 10.3. The van der Waals surface area contributed by atoms with Crippen LogP contribution in [0.3, 0.4) is 0 Å². The molecule has 0 aromatic heterocycles. The molecule has 0 aliphatic rings. The molecular weight excluding hydrogens is 444 g/mol. The second-order valence-corrected chi connectivity index (χ2v) is 8.45. The number of carbonyl (C=O) groups is 2. The molecule has 5 nitrogen and oxygen atoms in total. The van der Waals surface area contributed by atoms with E-state index < -0.39 is 6.04 Å². The van der Waals surface area contributed by atoms with Crippen LogP contribution in [-0.4, -0.2) is 35.9 Å². The third-order valence-corrected chi connectivity index (χ3v) is 5.43. The van der Waals surface area contributed by atoms with Crippen LogP contribution in [0.2, 0.25) is 0 Å². The fourth-order valence-corrected chi connectivity index (χ4v) is 3.48. The number of ether oxygens (including phenoxy) is 1. The van der Waals surface area contributed by atoms with Crippen molar-refractivity contribution in [2.45, 2.75) is 53.1 Å². The summed E-state index contributed by atoms with van der Waals surface area (Å²) in [5, 5.41) is 2.92. The van der Waals surface area contributed by atoms with Crippen LogP contribution in [0, 0.1) is 13.8 Å². The van der Waals surface area contributed by atoms with Crippen LogP contribution in [-0.2, 0) is 16.1 Å². The Bertz CT molecular complexity index is 869. The number of benzene rings is 2. The summed E-state index contributed by atoms with van der Waals surface area (Å²) in [5.41, 5.74) is 2.98. The van der Waals surface area contributed by atoms with Crippen molar-refractivity contribution in [3.8, 4) is 5.75 Å². The van der Waals surface area contributed by atoms with Crippen molar-refractivity contribution < 1.29 is 14.3 Å². The molecular formula is C24H31BrN2O3. The molecule has 1 N–H and O–H groups in total. The minimum absolute atomic E-state index is 0.120. The topological polar surface area (TPSA) is 58.6 Å². The average molecular weight is 475 g/mol. The maximum atomic E-state index is 13.1. The predicted molar refractivity (Wildman–Crippen MR) is 123 cm³/mol. The van der Waals surface area contributed by atoms with Crippen molar-refractivity contribution >= 4 is 27.7 Å². The number of nitrogens with zero attached hydrogens (tertiary/aromatic N) is 1. The van der Waals surface area contributed by atoms with Gasteiger partial charge in [-0.05, 0) is 62.1 Å². The molecule has 0 fully saturated rings. The normalized spacial score (nSPS) is 11.6. The number of carbonyl (C=O) groups excluding carboxylic acids is 2. The molecule has 0 bridgehead atoms. The number of unbranched alkanes of at least 4 members (excludes halogenated alkanes) is 1. The first-order valence-corrected chi connectivity index (χ1v) is 11.1. The standard InChI is InChI=1S/C24H31BrN2O3/c1-5-6-12-26-24(29)19(4)27(15-20-8-7-9-21(25)14-20)23(28)16-30-22-13-17(2)10-11-18(22)3/h7-11,13-14,19H,5-6,12,15-16H2,1-4H3,(H,26,29)/t19-/m1/s1. The lowest BCUT2D eigenvalue weighted by molar-refractivity contribution is -0.142. The van der Waals surface area contributed by atoms with Crippen molar-refractivity contribution in [1.82, 2.24) is 10.2 Å². The quantitative estimate of drug-likeness (QED) is 0.504. The van der Waals surface area contributed by atoms with Gasteiger partial charge in [0.15, 0.2) is 6.61 Å². The van der Waals surface area contributed by atoms with E-state index in [0.29, 0.717) is 18.8 Å². The molecule has 0 aliphatic carbocycles. The number of halogens is 1. The minimum atomic E-state index is -0.601. The van der Waals surface area contributed by atoms with Crippen molar-refractivity contribution in [3.63, 3.8) is 0 Å². The van der Waals surface area contributed by atoms with E-state index in [1.54, 1.807) is 11.8 Å². The molecule has 2 amide bonds. The van der Waals surface area contributed by atoms with Crippen LogP contribution in [0.5, 0.6) is 5.75 Å². The monoisotopic (exact) mass is 474 g/mol. The molecule has 0 aliphatic heterocycles. The molecule has 0 unspecified atom stereocenters. The Morgan fingerprint density at radius 2 is 1.93 bits per heavy atom. The van der Waals surface area contributed by atoms with E-state index in [1.807, 2.05) is 56.3 Å². The van der Waals surface area contributed by atoms with Gasteiger partial charge >= 0.3 is 0 Å². The Balaban J connectivity index is 2.15. The van der Waals surface area contributed by atoms with Crippen LogP contribution in [0.1, 0.15) is 43.4 Å². The first kappa shape index (κ1) is 23.9. The first-order chi connectivity index (χ1) is 14.3. The van der Waals surface area contributed by atoms with Gasteiger partial charge in [-0.2, -0.15) is 0 Å². The lowest BCUT2D eigenvalue weighted by Crippen LogP contribution is -2.49. The summed E-state index contributed by atoms with van der Waals surface area (Å²) in [4.78, 5) is 27.3. The highest BCUT2D eigenvalue weighted by atomic mass is 79.9. The molecule has 1 atom stereocenters. The van der Waals surface area contributed by atoms with Gasteiger partial charge in [0.25, 0.3) is 5.91 Å². The molecule has 2 aromatic rings.